The number of benzene rings is 1. The number of ether oxygens (including phenoxy) is 1. The van der Waals surface area contributed by atoms with Gasteiger partial charge < -0.3 is 10.1 Å². The molecular formula is C16H26N2O. The first-order valence-corrected chi connectivity index (χ1v) is 7.28. The minimum atomic E-state index is 0.673. The van der Waals surface area contributed by atoms with Crippen molar-refractivity contribution in [1.82, 2.24) is 10.2 Å². The van der Waals surface area contributed by atoms with Gasteiger partial charge in [0.25, 0.3) is 0 Å². The van der Waals surface area contributed by atoms with Crippen LogP contribution in [-0.4, -0.2) is 44.2 Å². The van der Waals surface area contributed by atoms with Crippen LogP contribution in [0.15, 0.2) is 24.3 Å². The summed E-state index contributed by atoms with van der Waals surface area (Å²) in [6.45, 7) is 9.19. The number of piperazine rings is 1. The summed E-state index contributed by atoms with van der Waals surface area (Å²) in [4.78, 5) is 2.63. The molecule has 0 radical (unpaired) electrons. The van der Waals surface area contributed by atoms with Gasteiger partial charge in [0.15, 0.2) is 0 Å². The Hall–Kier alpha value is -1.06. The SMILES string of the molecule is COc1ccc(CCN2CCNCC2C(C)C)cc1. The maximum absolute atomic E-state index is 5.19. The lowest BCUT2D eigenvalue weighted by Crippen LogP contribution is -2.53. The monoisotopic (exact) mass is 262 g/mol. The lowest BCUT2D eigenvalue weighted by Gasteiger charge is -2.38. The molecule has 1 fully saturated rings. The molecule has 1 N–H and O–H groups in total. The Morgan fingerprint density at radius 3 is 2.68 bits per heavy atom. The molecule has 2 rings (SSSR count). The molecule has 1 aromatic rings. The van der Waals surface area contributed by atoms with Crippen molar-refractivity contribution in [2.75, 3.05) is 33.3 Å². The Kier molecular flexibility index (Phi) is 5.23. The molecule has 19 heavy (non-hydrogen) atoms. The number of methoxy groups -OCH3 is 1. The highest BCUT2D eigenvalue weighted by Crippen LogP contribution is 2.15. The van der Waals surface area contributed by atoms with Crippen LogP contribution in [0, 0.1) is 5.92 Å². The van der Waals surface area contributed by atoms with Gasteiger partial charge >= 0.3 is 0 Å². The first kappa shape index (κ1) is 14.4. The summed E-state index contributed by atoms with van der Waals surface area (Å²) in [5, 5.41) is 3.50. The fourth-order valence-electron chi connectivity index (χ4n) is 2.77. The summed E-state index contributed by atoms with van der Waals surface area (Å²) < 4.78 is 5.19. The quantitative estimate of drug-likeness (QED) is 0.880. The molecule has 0 spiro atoms. The summed E-state index contributed by atoms with van der Waals surface area (Å²) in [7, 11) is 1.71. The zero-order valence-electron chi connectivity index (χ0n) is 12.4. The average molecular weight is 262 g/mol. The second kappa shape index (κ2) is 6.92. The number of hydrogen-bond donors (Lipinski definition) is 1. The van der Waals surface area contributed by atoms with Gasteiger partial charge in [-0.25, -0.2) is 0 Å². The van der Waals surface area contributed by atoms with E-state index in [-0.39, 0.29) is 0 Å². The van der Waals surface area contributed by atoms with Gasteiger partial charge in [-0.05, 0) is 30.0 Å². The van der Waals surface area contributed by atoms with Crippen molar-refractivity contribution in [3.8, 4) is 5.75 Å². The molecule has 1 heterocycles. The Balaban J connectivity index is 1.88. The molecule has 106 valence electrons. The van der Waals surface area contributed by atoms with Gasteiger partial charge in [0.1, 0.15) is 5.75 Å². The minimum Gasteiger partial charge on any atom is -0.497 e. The van der Waals surface area contributed by atoms with Crippen LogP contribution in [0.3, 0.4) is 0 Å². The third-order valence-corrected chi connectivity index (χ3v) is 4.01. The second-order valence-corrected chi connectivity index (χ2v) is 5.65. The van der Waals surface area contributed by atoms with E-state index < -0.39 is 0 Å². The van der Waals surface area contributed by atoms with Gasteiger partial charge in [-0.3, -0.25) is 4.90 Å². The highest BCUT2D eigenvalue weighted by atomic mass is 16.5. The van der Waals surface area contributed by atoms with Crippen LogP contribution in [0.1, 0.15) is 19.4 Å². The Morgan fingerprint density at radius 1 is 1.32 bits per heavy atom. The van der Waals surface area contributed by atoms with Crippen LogP contribution in [0.5, 0.6) is 5.75 Å². The largest absolute Gasteiger partial charge is 0.497 e. The lowest BCUT2D eigenvalue weighted by molar-refractivity contribution is 0.126. The standard InChI is InChI=1S/C16H26N2O/c1-13(2)16-12-17-9-11-18(16)10-8-14-4-6-15(19-3)7-5-14/h4-7,13,16-17H,8-12H2,1-3H3. The van der Waals surface area contributed by atoms with Crippen molar-refractivity contribution in [2.45, 2.75) is 26.3 Å². The molecule has 3 heteroatoms. The normalized spacial score (nSPS) is 20.7. The number of nitrogens with one attached hydrogen (secondary N) is 1. The van der Waals surface area contributed by atoms with Crippen LogP contribution >= 0.6 is 0 Å². The van der Waals surface area contributed by atoms with E-state index in [9.17, 15) is 0 Å². The zero-order chi connectivity index (χ0) is 13.7. The molecule has 0 amide bonds. The maximum atomic E-state index is 5.19. The van der Waals surface area contributed by atoms with Crippen LogP contribution in [0.25, 0.3) is 0 Å². The highest BCUT2D eigenvalue weighted by Gasteiger charge is 2.24. The van der Waals surface area contributed by atoms with E-state index >= 15 is 0 Å². The van der Waals surface area contributed by atoms with Gasteiger partial charge in [-0.2, -0.15) is 0 Å². The van der Waals surface area contributed by atoms with Crippen LogP contribution in [-0.2, 0) is 6.42 Å². The fraction of sp³-hybridized carbons (Fsp3) is 0.625. The molecule has 1 aliphatic rings. The number of hydrogen-bond acceptors (Lipinski definition) is 3. The summed E-state index contributed by atoms with van der Waals surface area (Å²) >= 11 is 0. The number of nitrogens with zero attached hydrogens (tertiary/aromatic N) is 1. The average Bonchev–Trinajstić information content (AvgIpc) is 2.46. The third-order valence-electron chi connectivity index (χ3n) is 4.01. The van der Waals surface area contributed by atoms with Gasteiger partial charge in [-0.1, -0.05) is 26.0 Å². The van der Waals surface area contributed by atoms with Crippen LogP contribution in [0.4, 0.5) is 0 Å². The maximum Gasteiger partial charge on any atom is 0.118 e. The van der Waals surface area contributed by atoms with Crippen LogP contribution in [0.2, 0.25) is 0 Å². The van der Waals surface area contributed by atoms with E-state index in [1.807, 2.05) is 12.1 Å². The minimum absolute atomic E-state index is 0.673. The molecule has 3 nitrogen and oxygen atoms in total. The van der Waals surface area contributed by atoms with Gasteiger partial charge in [0.2, 0.25) is 0 Å². The highest BCUT2D eigenvalue weighted by molar-refractivity contribution is 5.27. The predicted octanol–water partition coefficient (Wildman–Crippen LogP) is 2.17. The Bertz CT molecular complexity index is 375. The Morgan fingerprint density at radius 2 is 2.05 bits per heavy atom. The predicted molar refractivity (Wildman–Crippen MR) is 79.8 cm³/mol. The second-order valence-electron chi connectivity index (χ2n) is 5.65. The molecule has 1 unspecified atom stereocenters. The lowest BCUT2D eigenvalue weighted by atomic mass is 10.00. The smallest absolute Gasteiger partial charge is 0.118 e. The molecule has 0 bridgehead atoms. The van der Waals surface area contributed by atoms with Gasteiger partial charge in [0.05, 0.1) is 7.11 Å². The first-order valence-electron chi connectivity index (χ1n) is 7.28. The molecule has 1 atom stereocenters. The van der Waals surface area contributed by atoms with Crippen molar-refractivity contribution in [3.05, 3.63) is 29.8 Å². The topological polar surface area (TPSA) is 24.5 Å². The summed E-state index contributed by atoms with van der Waals surface area (Å²) in [5.41, 5.74) is 1.39. The summed E-state index contributed by atoms with van der Waals surface area (Å²) in [6, 6.07) is 9.11. The van der Waals surface area contributed by atoms with E-state index in [2.05, 4.69) is 36.2 Å². The molecule has 1 saturated heterocycles. The molecular weight excluding hydrogens is 236 g/mol. The van der Waals surface area contributed by atoms with Crippen molar-refractivity contribution in [1.29, 1.82) is 0 Å². The van der Waals surface area contributed by atoms with Gasteiger partial charge in [0, 0.05) is 32.2 Å². The van der Waals surface area contributed by atoms with Crippen molar-refractivity contribution in [3.63, 3.8) is 0 Å². The van der Waals surface area contributed by atoms with E-state index in [0.29, 0.717) is 12.0 Å². The number of rotatable bonds is 5. The Labute approximate surface area is 116 Å². The molecule has 1 aromatic carbocycles. The van der Waals surface area contributed by atoms with Crippen LogP contribution < -0.4 is 10.1 Å². The molecule has 0 aromatic heterocycles. The molecule has 0 aliphatic carbocycles. The van der Waals surface area contributed by atoms with Gasteiger partial charge in [-0.15, -0.1) is 0 Å². The summed E-state index contributed by atoms with van der Waals surface area (Å²) in [6.07, 6.45) is 1.12. The third kappa shape index (κ3) is 3.95. The van der Waals surface area contributed by atoms with E-state index in [0.717, 1.165) is 31.8 Å². The summed E-state index contributed by atoms with van der Waals surface area (Å²) in [5.74, 6) is 1.65. The molecule has 0 saturated carbocycles. The fourth-order valence-corrected chi connectivity index (χ4v) is 2.77. The molecule has 1 aliphatic heterocycles. The van der Waals surface area contributed by atoms with E-state index in [4.69, 9.17) is 4.74 Å². The van der Waals surface area contributed by atoms with Crippen molar-refractivity contribution >= 4 is 0 Å². The van der Waals surface area contributed by atoms with Crippen molar-refractivity contribution in [2.24, 2.45) is 5.92 Å². The zero-order valence-corrected chi connectivity index (χ0v) is 12.4. The first-order chi connectivity index (χ1) is 9.20. The van der Waals surface area contributed by atoms with E-state index in [1.54, 1.807) is 7.11 Å². The van der Waals surface area contributed by atoms with E-state index in [1.165, 1.54) is 12.1 Å². The van der Waals surface area contributed by atoms with Crippen molar-refractivity contribution < 1.29 is 4.74 Å².